The molecule has 1 aliphatic rings. The fourth-order valence-corrected chi connectivity index (χ4v) is 2.24. The summed E-state index contributed by atoms with van der Waals surface area (Å²) in [6.07, 6.45) is 0.756. The van der Waals surface area contributed by atoms with Gasteiger partial charge in [0.1, 0.15) is 0 Å². The molecule has 0 aliphatic carbocycles. The van der Waals surface area contributed by atoms with Gasteiger partial charge in [0.2, 0.25) is 5.91 Å². The Morgan fingerprint density at radius 1 is 1.38 bits per heavy atom. The Bertz CT molecular complexity index is 530. The molecule has 0 spiro atoms. The Kier molecular flexibility index (Phi) is 5.03. The first kappa shape index (κ1) is 15.2. The molecular weight excluding hydrogens is 272 g/mol. The van der Waals surface area contributed by atoms with Crippen LogP contribution in [0.3, 0.4) is 0 Å². The molecule has 0 aromatic heterocycles. The zero-order valence-electron chi connectivity index (χ0n) is 12.3. The number of ether oxygens (including phenoxy) is 2. The standard InChI is InChI=1S/C15H20N2O4/c1-3-21-13-9-11(5-6-12(13)20-2)15(19)17-8-4-7-16-14(18)10-17/h5-6,9H,3-4,7-8,10H2,1-2H3,(H,16,18). The molecule has 1 aliphatic heterocycles. The molecule has 1 N–H and O–H groups in total. The third kappa shape index (κ3) is 3.65. The van der Waals surface area contributed by atoms with Crippen LogP contribution in [0.2, 0.25) is 0 Å². The van der Waals surface area contributed by atoms with Crippen LogP contribution in [0.25, 0.3) is 0 Å². The maximum Gasteiger partial charge on any atom is 0.254 e. The van der Waals surface area contributed by atoms with Crippen molar-refractivity contribution in [1.29, 1.82) is 0 Å². The van der Waals surface area contributed by atoms with Gasteiger partial charge in [-0.3, -0.25) is 9.59 Å². The van der Waals surface area contributed by atoms with E-state index in [-0.39, 0.29) is 18.4 Å². The lowest BCUT2D eigenvalue weighted by Crippen LogP contribution is -2.37. The summed E-state index contributed by atoms with van der Waals surface area (Å²) in [5.74, 6) is 0.821. The van der Waals surface area contributed by atoms with E-state index in [1.54, 1.807) is 30.2 Å². The summed E-state index contributed by atoms with van der Waals surface area (Å²) in [5.41, 5.74) is 0.494. The molecule has 21 heavy (non-hydrogen) atoms. The summed E-state index contributed by atoms with van der Waals surface area (Å²) >= 11 is 0. The molecule has 1 saturated heterocycles. The van der Waals surface area contributed by atoms with Gasteiger partial charge in [-0.2, -0.15) is 0 Å². The minimum absolute atomic E-state index is 0.0921. The van der Waals surface area contributed by atoms with Crippen LogP contribution in [0.5, 0.6) is 11.5 Å². The smallest absolute Gasteiger partial charge is 0.254 e. The van der Waals surface area contributed by atoms with Crippen LogP contribution in [0.4, 0.5) is 0 Å². The van der Waals surface area contributed by atoms with Crippen LogP contribution in [-0.2, 0) is 4.79 Å². The van der Waals surface area contributed by atoms with Gasteiger partial charge in [0.05, 0.1) is 20.3 Å². The Morgan fingerprint density at radius 3 is 2.90 bits per heavy atom. The highest BCUT2D eigenvalue weighted by molar-refractivity contribution is 5.97. The first-order chi connectivity index (χ1) is 10.2. The van der Waals surface area contributed by atoms with Gasteiger partial charge in [-0.15, -0.1) is 0 Å². The highest BCUT2D eigenvalue weighted by atomic mass is 16.5. The lowest BCUT2D eigenvalue weighted by atomic mass is 10.1. The van der Waals surface area contributed by atoms with Crippen molar-refractivity contribution >= 4 is 11.8 Å². The van der Waals surface area contributed by atoms with E-state index < -0.39 is 0 Å². The van der Waals surface area contributed by atoms with Crippen molar-refractivity contribution in [2.75, 3.05) is 33.4 Å². The second-order valence-electron chi connectivity index (χ2n) is 4.73. The van der Waals surface area contributed by atoms with Gasteiger partial charge in [-0.05, 0) is 31.5 Å². The van der Waals surface area contributed by atoms with Crippen LogP contribution < -0.4 is 14.8 Å². The second-order valence-corrected chi connectivity index (χ2v) is 4.73. The maximum absolute atomic E-state index is 12.5. The number of nitrogens with zero attached hydrogens (tertiary/aromatic N) is 1. The number of amides is 2. The summed E-state index contributed by atoms with van der Waals surface area (Å²) in [5, 5.41) is 2.75. The Hall–Kier alpha value is -2.24. The number of hydrogen-bond donors (Lipinski definition) is 1. The molecule has 1 fully saturated rings. The van der Waals surface area contributed by atoms with Crippen molar-refractivity contribution in [3.05, 3.63) is 23.8 Å². The summed E-state index contributed by atoms with van der Waals surface area (Å²) in [7, 11) is 1.55. The zero-order chi connectivity index (χ0) is 15.2. The SMILES string of the molecule is CCOc1cc(C(=O)N2CCCNC(=O)C2)ccc1OC. The number of carbonyl (C=O) groups excluding carboxylic acids is 2. The minimum atomic E-state index is -0.171. The first-order valence-electron chi connectivity index (χ1n) is 7.02. The predicted molar refractivity (Wildman–Crippen MR) is 77.7 cm³/mol. The third-order valence-corrected chi connectivity index (χ3v) is 3.26. The van der Waals surface area contributed by atoms with Gasteiger partial charge in [0.25, 0.3) is 5.91 Å². The Morgan fingerprint density at radius 2 is 2.19 bits per heavy atom. The van der Waals surface area contributed by atoms with Crippen molar-refractivity contribution in [2.45, 2.75) is 13.3 Å². The maximum atomic E-state index is 12.5. The second kappa shape index (κ2) is 6.97. The minimum Gasteiger partial charge on any atom is -0.493 e. The van der Waals surface area contributed by atoms with Gasteiger partial charge >= 0.3 is 0 Å². The molecule has 114 valence electrons. The molecule has 6 nitrogen and oxygen atoms in total. The molecule has 0 saturated carbocycles. The monoisotopic (exact) mass is 292 g/mol. The predicted octanol–water partition coefficient (Wildman–Crippen LogP) is 1.06. The molecule has 1 heterocycles. The van der Waals surface area contributed by atoms with Crippen LogP contribution in [0.1, 0.15) is 23.7 Å². The number of carbonyl (C=O) groups is 2. The Labute approximate surface area is 124 Å². The molecule has 6 heteroatoms. The summed E-state index contributed by atoms with van der Waals surface area (Å²) in [4.78, 5) is 25.6. The van der Waals surface area contributed by atoms with Crippen molar-refractivity contribution in [2.24, 2.45) is 0 Å². The summed E-state index contributed by atoms with van der Waals surface area (Å²) in [6, 6.07) is 5.05. The average Bonchev–Trinajstić information content (AvgIpc) is 2.71. The van der Waals surface area contributed by atoms with E-state index in [2.05, 4.69) is 5.32 Å². The van der Waals surface area contributed by atoms with Gasteiger partial charge in [-0.1, -0.05) is 0 Å². The Balaban J connectivity index is 2.21. The lowest BCUT2D eigenvalue weighted by molar-refractivity contribution is -0.121. The van der Waals surface area contributed by atoms with Gasteiger partial charge in [0, 0.05) is 18.7 Å². The van der Waals surface area contributed by atoms with Crippen LogP contribution >= 0.6 is 0 Å². The highest BCUT2D eigenvalue weighted by Crippen LogP contribution is 2.28. The molecule has 1 aromatic carbocycles. The lowest BCUT2D eigenvalue weighted by Gasteiger charge is -2.19. The van der Waals surface area contributed by atoms with E-state index in [1.807, 2.05) is 6.92 Å². The first-order valence-corrected chi connectivity index (χ1v) is 7.02. The fraction of sp³-hybridized carbons (Fsp3) is 0.467. The molecule has 2 rings (SSSR count). The number of hydrogen-bond acceptors (Lipinski definition) is 4. The topological polar surface area (TPSA) is 67.9 Å². The molecule has 0 bridgehead atoms. The zero-order valence-corrected chi connectivity index (χ0v) is 12.3. The van der Waals surface area contributed by atoms with Crippen molar-refractivity contribution in [3.63, 3.8) is 0 Å². The van der Waals surface area contributed by atoms with Gasteiger partial charge < -0.3 is 19.7 Å². The van der Waals surface area contributed by atoms with Gasteiger partial charge in [0.15, 0.2) is 11.5 Å². The van der Waals surface area contributed by atoms with E-state index in [0.29, 0.717) is 36.8 Å². The number of rotatable bonds is 4. The quantitative estimate of drug-likeness (QED) is 0.901. The van der Waals surface area contributed by atoms with Crippen LogP contribution in [-0.4, -0.2) is 50.1 Å². The molecular formula is C15H20N2O4. The van der Waals surface area contributed by atoms with Crippen molar-refractivity contribution < 1.29 is 19.1 Å². The average molecular weight is 292 g/mol. The van der Waals surface area contributed by atoms with E-state index in [1.165, 1.54) is 0 Å². The van der Waals surface area contributed by atoms with E-state index >= 15 is 0 Å². The molecule has 2 amide bonds. The molecule has 0 atom stereocenters. The van der Waals surface area contributed by atoms with Gasteiger partial charge in [-0.25, -0.2) is 0 Å². The molecule has 0 unspecified atom stereocenters. The summed E-state index contributed by atoms with van der Waals surface area (Å²) < 4.78 is 10.7. The third-order valence-electron chi connectivity index (χ3n) is 3.26. The molecule has 1 aromatic rings. The summed E-state index contributed by atoms with van der Waals surface area (Å²) in [6.45, 7) is 3.62. The van der Waals surface area contributed by atoms with E-state index in [4.69, 9.17) is 9.47 Å². The van der Waals surface area contributed by atoms with Crippen molar-refractivity contribution in [3.8, 4) is 11.5 Å². The van der Waals surface area contributed by atoms with Crippen LogP contribution in [0.15, 0.2) is 18.2 Å². The number of methoxy groups -OCH3 is 1. The fourth-order valence-electron chi connectivity index (χ4n) is 2.24. The van der Waals surface area contributed by atoms with E-state index in [9.17, 15) is 9.59 Å². The number of benzene rings is 1. The largest absolute Gasteiger partial charge is 0.493 e. The van der Waals surface area contributed by atoms with Crippen LogP contribution in [0, 0.1) is 0 Å². The molecule has 0 radical (unpaired) electrons. The number of nitrogens with one attached hydrogen (secondary N) is 1. The highest BCUT2D eigenvalue weighted by Gasteiger charge is 2.22. The van der Waals surface area contributed by atoms with Crippen molar-refractivity contribution in [1.82, 2.24) is 10.2 Å². The van der Waals surface area contributed by atoms with E-state index in [0.717, 1.165) is 6.42 Å². The normalized spacial score (nSPS) is 15.1.